The molecule has 0 bridgehead atoms. The molecule has 0 spiro atoms. The molecule has 1 heterocycles. The highest BCUT2D eigenvalue weighted by Gasteiger charge is 2.23. The molecule has 2 aromatic rings. The number of H-pyrrole nitrogens is 1. The van der Waals surface area contributed by atoms with Crippen LogP contribution in [0.3, 0.4) is 0 Å². The molecule has 1 saturated carbocycles. The van der Waals surface area contributed by atoms with Gasteiger partial charge in [0, 0.05) is 17.0 Å². The molecule has 1 aromatic heterocycles. The predicted molar refractivity (Wildman–Crippen MR) is 54.4 cm³/mol. The molecule has 0 saturated heterocycles. The Morgan fingerprint density at radius 3 is 2.93 bits per heavy atom. The van der Waals surface area contributed by atoms with Crippen LogP contribution in [0.1, 0.15) is 30.9 Å². The second-order valence-corrected chi connectivity index (χ2v) is 3.97. The minimum Gasteiger partial charge on any atom is -0.508 e. The number of hydrogen-bond donors (Lipinski definition) is 2. The molecule has 3 rings (SSSR count). The van der Waals surface area contributed by atoms with E-state index < -0.39 is 0 Å². The number of phenols is 1. The first kappa shape index (κ1) is 7.85. The summed E-state index contributed by atoms with van der Waals surface area (Å²) < 4.78 is 0. The van der Waals surface area contributed by atoms with Crippen LogP contribution in [0.4, 0.5) is 0 Å². The molecule has 0 unspecified atom stereocenters. The van der Waals surface area contributed by atoms with E-state index >= 15 is 0 Å². The largest absolute Gasteiger partial charge is 0.508 e. The monoisotopic (exact) mass is 188 g/mol. The van der Waals surface area contributed by atoms with Crippen LogP contribution in [-0.4, -0.2) is 15.3 Å². The lowest BCUT2D eigenvalue weighted by molar-refractivity contribution is 0.413. The third-order valence-electron chi connectivity index (χ3n) is 3.08. The summed E-state index contributed by atoms with van der Waals surface area (Å²) in [7, 11) is 0. The van der Waals surface area contributed by atoms with Crippen molar-refractivity contribution in [3.8, 4) is 5.75 Å². The van der Waals surface area contributed by atoms with Crippen LogP contribution >= 0.6 is 0 Å². The molecule has 3 nitrogen and oxygen atoms in total. The van der Waals surface area contributed by atoms with Gasteiger partial charge in [0.05, 0.1) is 5.52 Å². The maximum absolute atomic E-state index is 9.40. The quantitative estimate of drug-likeness (QED) is 0.722. The van der Waals surface area contributed by atoms with Gasteiger partial charge < -0.3 is 5.11 Å². The van der Waals surface area contributed by atoms with E-state index in [0.29, 0.717) is 11.7 Å². The van der Waals surface area contributed by atoms with Gasteiger partial charge in [0.2, 0.25) is 0 Å². The van der Waals surface area contributed by atoms with E-state index in [9.17, 15) is 5.11 Å². The van der Waals surface area contributed by atoms with E-state index in [-0.39, 0.29) is 0 Å². The van der Waals surface area contributed by atoms with Crippen molar-refractivity contribution < 1.29 is 5.11 Å². The van der Waals surface area contributed by atoms with Gasteiger partial charge in [-0.2, -0.15) is 5.10 Å². The van der Waals surface area contributed by atoms with Gasteiger partial charge in [-0.25, -0.2) is 0 Å². The van der Waals surface area contributed by atoms with E-state index in [1.54, 1.807) is 12.1 Å². The zero-order valence-corrected chi connectivity index (χ0v) is 7.83. The van der Waals surface area contributed by atoms with E-state index in [1.165, 1.54) is 25.0 Å². The number of aromatic nitrogens is 2. The Kier molecular flexibility index (Phi) is 1.54. The summed E-state index contributed by atoms with van der Waals surface area (Å²) >= 11 is 0. The SMILES string of the molecule is Oc1ccc2n[nH]c(C3CCC3)c2c1. The fraction of sp³-hybridized carbons (Fsp3) is 0.364. The topological polar surface area (TPSA) is 48.9 Å². The minimum atomic E-state index is 0.319. The number of fused-ring (bicyclic) bond motifs is 1. The number of benzene rings is 1. The average Bonchev–Trinajstić information content (AvgIpc) is 2.46. The molecular weight excluding hydrogens is 176 g/mol. The Labute approximate surface area is 81.8 Å². The lowest BCUT2D eigenvalue weighted by Gasteiger charge is -2.24. The third kappa shape index (κ3) is 1.02. The maximum atomic E-state index is 9.40. The number of nitrogens with zero attached hydrogens (tertiary/aromatic N) is 1. The highest BCUT2D eigenvalue weighted by atomic mass is 16.3. The lowest BCUT2D eigenvalue weighted by Crippen LogP contribution is -2.09. The molecule has 72 valence electrons. The normalized spacial score (nSPS) is 17.1. The standard InChI is InChI=1S/C11H12N2O/c14-8-4-5-10-9(6-8)11(13-12-10)7-2-1-3-7/h4-7,14H,1-3H2,(H,12,13). The van der Waals surface area contributed by atoms with Crippen LogP contribution in [0.2, 0.25) is 0 Å². The van der Waals surface area contributed by atoms with Crippen molar-refractivity contribution in [2.24, 2.45) is 0 Å². The van der Waals surface area contributed by atoms with E-state index in [1.807, 2.05) is 6.07 Å². The summed E-state index contributed by atoms with van der Waals surface area (Å²) in [6.07, 6.45) is 3.80. The Balaban J connectivity index is 2.18. The minimum absolute atomic E-state index is 0.319. The second kappa shape index (κ2) is 2.74. The second-order valence-electron chi connectivity index (χ2n) is 3.97. The number of rotatable bonds is 1. The number of phenolic OH excluding ortho intramolecular Hbond substituents is 1. The lowest BCUT2D eigenvalue weighted by atomic mass is 9.82. The average molecular weight is 188 g/mol. The van der Waals surface area contributed by atoms with Crippen LogP contribution < -0.4 is 0 Å². The van der Waals surface area contributed by atoms with Gasteiger partial charge in [0.15, 0.2) is 0 Å². The number of hydrogen-bond acceptors (Lipinski definition) is 2. The molecule has 14 heavy (non-hydrogen) atoms. The van der Waals surface area contributed by atoms with E-state index in [2.05, 4.69) is 10.2 Å². The Morgan fingerprint density at radius 1 is 1.36 bits per heavy atom. The summed E-state index contributed by atoms with van der Waals surface area (Å²) in [5.74, 6) is 0.946. The van der Waals surface area contributed by atoms with Crippen molar-refractivity contribution in [2.75, 3.05) is 0 Å². The maximum Gasteiger partial charge on any atom is 0.116 e. The molecular formula is C11H12N2O. The smallest absolute Gasteiger partial charge is 0.116 e. The first-order valence-corrected chi connectivity index (χ1v) is 5.01. The van der Waals surface area contributed by atoms with Gasteiger partial charge in [-0.15, -0.1) is 0 Å². The van der Waals surface area contributed by atoms with Gasteiger partial charge in [-0.05, 0) is 31.0 Å². The first-order chi connectivity index (χ1) is 6.84. The third-order valence-corrected chi connectivity index (χ3v) is 3.08. The number of aromatic amines is 1. The van der Waals surface area contributed by atoms with Crippen molar-refractivity contribution in [3.63, 3.8) is 0 Å². The van der Waals surface area contributed by atoms with Crippen LogP contribution in [0.15, 0.2) is 18.2 Å². The van der Waals surface area contributed by atoms with E-state index in [0.717, 1.165) is 10.9 Å². The van der Waals surface area contributed by atoms with Gasteiger partial charge in [-0.3, -0.25) is 5.10 Å². The molecule has 1 aliphatic rings. The summed E-state index contributed by atoms with van der Waals surface area (Å²) in [6.45, 7) is 0. The molecule has 3 heteroatoms. The summed E-state index contributed by atoms with van der Waals surface area (Å²) in [6, 6.07) is 5.32. The summed E-state index contributed by atoms with van der Waals surface area (Å²) in [5.41, 5.74) is 2.15. The summed E-state index contributed by atoms with van der Waals surface area (Å²) in [4.78, 5) is 0. The van der Waals surface area contributed by atoms with Crippen molar-refractivity contribution in [2.45, 2.75) is 25.2 Å². The molecule has 1 aromatic carbocycles. The van der Waals surface area contributed by atoms with Crippen molar-refractivity contribution in [1.29, 1.82) is 0 Å². The zero-order valence-electron chi connectivity index (χ0n) is 7.83. The number of aromatic hydroxyl groups is 1. The molecule has 0 aliphatic heterocycles. The van der Waals surface area contributed by atoms with Crippen LogP contribution in [0, 0.1) is 0 Å². The van der Waals surface area contributed by atoms with Crippen LogP contribution in [0.25, 0.3) is 10.9 Å². The fourth-order valence-corrected chi connectivity index (χ4v) is 2.03. The highest BCUT2D eigenvalue weighted by Crippen LogP contribution is 2.38. The van der Waals surface area contributed by atoms with Gasteiger partial charge >= 0.3 is 0 Å². The first-order valence-electron chi connectivity index (χ1n) is 5.01. The molecule has 0 amide bonds. The predicted octanol–water partition coefficient (Wildman–Crippen LogP) is 2.54. The van der Waals surface area contributed by atoms with Gasteiger partial charge in [0.1, 0.15) is 5.75 Å². The fourth-order valence-electron chi connectivity index (χ4n) is 2.03. The van der Waals surface area contributed by atoms with Gasteiger partial charge in [0.25, 0.3) is 0 Å². The Morgan fingerprint density at radius 2 is 2.21 bits per heavy atom. The molecule has 0 atom stereocenters. The van der Waals surface area contributed by atoms with Crippen molar-refractivity contribution in [1.82, 2.24) is 10.2 Å². The molecule has 2 N–H and O–H groups in total. The Bertz CT molecular complexity index is 471. The van der Waals surface area contributed by atoms with Crippen LogP contribution in [-0.2, 0) is 0 Å². The molecule has 1 fully saturated rings. The number of nitrogens with one attached hydrogen (secondary N) is 1. The van der Waals surface area contributed by atoms with Crippen molar-refractivity contribution in [3.05, 3.63) is 23.9 Å². The van der Waals surface area contributed by atoms with E-state index in [4.69, 9.17) is 0 Å². The zero-order chi connectivity index (χ0) is 9.54. The van der Waals surface area contributed by atoms with Crippen molar-refractivity contribution >= 4 is 10.9 Å². The summed E-state index contributed by atoms with van der Waals surface area (Å²) in [5, 5.41) is 17.8. The Hall–Kier alpha value is -1.51. The molecule has 0 radical (unpaired) electrons. The highest BCUT2D eigenvalue weighted by molar-refractivity contribution is 5.83. The van der Waals surface area contributed by atoms with Gasteiger partial charge in [-0.1, -0.05) is 6.42 Å². The molecule has 1 aliphatic carbocycles. The van der Waals surface area contributed by atoms with Crippen LogP contribution in [0.5, 0.6) is 5.75 Å².